The molecule has 0 unspecified atom stereocenters. The fourth-order valence-electron chi connectivity index (χ4n) is 7.94. The van der Waals surface area contributed by atoms with Crippen LogP contribution < -0.4 is 18.9 Å². The molecule has 0 bridgehead atoms. The summed E-state index contributed by atoms with van der Waals surface area (Å²) in [5.41, 5.74) is 3.07. The topological polar surface area (TPSA) is 112 Å². The maximum atomic E-state index is 14.1. The lowest BCUT2D eigenvalue weighted by atomic mass is 9.82. The number of benzene rings is 7. The number of imide groups is 2. The van der Waals surface area contributed by atoms with Gasteiger partial charge in [0.05, 0.1) is 41.5 Å². The summed E-state index contributed by atoms with van der Waals surface area (Å²) in [5, 5.41) is 6.06. The standard InChI is InChI=1S/C42H30N2O8/c1-49-23-13-21(14-24(17-23)50-2)19-43-39(45)31-9-5-27-29-7-11-33-38-34(12-8-30(36(29)38)28-6-10-32(40(43)46)37(31)35(27)28)42(48)44(41(33)47)20-22-15-25(51-3)18-26(16-22)52-4/h5-18H,19-20H2,1-4H3. The number of methoxy groups -OCH3 is 4. The van der Waals surface area contributed by atoms with E-state index in [9.17, 15) is 19.2 Å². The fraction of sp³-hybridized carbons (Fsp3) is 0.143. The average molecular weight is 691 g/mol. The molecule has 0 N–H and O–H groups in total. The van der Waals surface area contributed by atoms with Crippen molar-refractivity contribution in [2.24, 2.45) is 0 Å². The Morgan fingerprint density at radius 2 is 0.654 bits per heavy atom. The number of carbonyl (C=O) groups excluding carboxylic acids is 4. The van der Waals surface area contributed by atoms with E-state index in [1.807, 2.05) is 24.3 Å². The first-order valence-electron chi connectivity index (χ1n) is 16.6. The molecule has 9 rings (SSSR count). The van der Waals surface area contributed by atoms with Crippen molar-refractivity contribution < 1.29 is 38.1 Å². The summed E-state index contributed by atoms with van der Waals surface area (Å²) in [6, 6.07) is 25.2. The quantitative estimate of drug-likeness (QED) is 0.0924. The molecule has 0 atom stereocenters. The van der Waals surface area contributed by atoms with Crippen LogP contribution in [0.5, 0.6) is 23.0 Å². The van der Waals surface area contributed by atoms with Crippen LogP contribution in [0.2, 0.25) is 0 Å². The molecule has 0 saturated carbocycles. The van der Waals surface area contributed by atoms with Crippen molar-refractivity contribution in [3.8, 4) is 23.0 Å². The first kappa shape index (κ1) is 31.3. The molecule has 256 valence electrons. The van der Waals surface area contributed by atoms with Crippen molar-refractivity contribution in [1.82, 2.24) is 9.80 Å². The maximum Gasteiger partial charge on any atom is 0.261 e. The Balaban J connectivity index is 1.17. The third-order valence-electron chi connectivity index (χ3n) is 10.3. The Labute approximate surface area is 297 Å². The molecule has 0 aromatic heterocycles. The van der Waals surface area contributed by atoms with E-state index in [0.29, 0.717) is 67.2 Å². The van der Waals surface area contributed by atoms with Crippen molar-refractivity contribution in [2.75, 3.05) is 28.4 Å². The van der Waals surface area contributed by atoms with E-state index in [1.54, 1.807) is 89.1 Å². The highest BCUT2D eigenvalue weighted by Gasteiger charge is 2.37. The van der Waals surface area contributed by atoms with E-state index >= 15 is 0 Å². The van der Waals surface area contributed by atoms with Crippen molar-refractivity contribution in [3.05, 3.63) is 118 Å². The summed E-state index contributed by atoms with van der Waals surface area (Å²) in [6.07, 6.45) is 0. The molecule has 0 spiro atoms. The summed E-state index contributed by atoms with van der Waals surface area (Å²) in [4.78, 5) is 58.8. The first-order chi connectivity index (χ1) is 25.2. The summed E-state index contributed by atoms with van der Waals surface area (Å²) in [5.74, 6) is 0.617. The van der Waals surface area contributed by atoms with Gasteiger partial charge in [-0.1, -0.05) is 24.3 Å². The predicted molar refractivity (Wildman–Crippen MR) is 195 cm³/mol. The lowest BCUT2D eigenvalue weighted by Crippen LogP contribution is -2.40. The largest absolute Gasteiger partial charge is 0.497 e. The molecule has 10 heteroatoms. The normalized spacial score (nSPS) is 14.0. The molecule has 52 heavy (non-hydrogen) atoms. The van der Waals surface area contributed by atoms with Gasteiger partial charge in [0, 0.05) is 45.2 Å². The molecule has 0 saturated heterocycles. The summed E-state index contributed by atoms with van der Waals surface area (Å²) in [7, 11) is 6.18. The van der Waals surface area contributed by atoms with Gasteiger partial charge in [-0.25, -0.2) is 0 Å². The number of carbonyl (C=O) groups is 4. The molecular formula is C42H30N2O8. The Morgan fingerprint density at radius 1 is 0.385 bits per heavy atom. The van der Waals surface area contributed by atoms with Crippen LogP contribution in [0.25, 0.3) is 43.1 Å². The van der Waals surface area contributed by atoms with Crippen LogP contribution in [0.3, 0.4) is 0 Å². The Hall–Kier alpha value is -6.68. The predicted octanol–water partition coefficient (Wildman–Crippen LogP) is 7.36. The van der Waals surface area contributed by atoms with E-state index in [0.717, 1.165) is 32.3 Å². The number of hydrogen-bond donors (Lipinski definition) is 0. The minimum atomic E-state index is -0.399. The van der Waals surface area contributed by atoms with E-state index < -0.39 is 23.6 Å². The number of hydrogen-bond acceptors (Lipinski definition) is 8. The van der Waals surface area contributed by atoms with Crippen LogP contribution in [0.1, 0.15) is 52.6 Å². The Bertz CT molecular complexity index is 2380. The average Bonchev–Trinajstić information content (AvgIpc) is 3.18. The van der Waals surface area contributed by atoms with Gasteiger partial charge in [0.1, 0.15) is 23.0 Å². The van der Waals surface area contributed by atoms with Gasteiger partial charge in [0.2, 0.25) is 0 Å². The molecule has 2 aliphatic heterocycles. The zero-order valence-electron chi connectivity index (χ0n) is 28.7. The highest BCUT2D eigenvalue weighted by Crippen LogP contribution is 2.46. The number of rotatable bonds is 8. The molecule has 7 aromatic rings. The minimum Gasteiger partial charge on any atom is -0.497 e. The molecule has 4 amide bonds. The van der Waals surface area contributed by atoms with Gasteiger partial charge in [0.25, 0.3) is 23.6 Å². The van der Waals surface area contributed by atoms with Gasteiger partial charge in [-0.3, -0.25) is 29.0 Å². The van der Waals surface area contributed by atoms with Crippen molar-refractivity contribution in [1.29, 1.82) is 0 Å². The molecule has 2 heterocycles. The van der Waals surface area contributed by atoms with Crippen LogP contribution in [-0.4, -0.2) is 61.9 Å². The first-order valence-corrected chi connectivity index (χ1v) is 16.6. The van der Waals surface area contributed by atoms with Gasteiger partial charge in [-0.2, -0.15) is 0 Å². The lowest BCUT2D eigenvalue weighted by Gasteiger charge is -2.30. The van der Waals surface area contributed by atoms with Gasteiger partial charge < -0.3 is 18.9 Å². The second-order valence-corrected chi connectivity index (χ2v) is 13.0. The molecule has 0 aliphatic carbocycles. The monoisotopic (exact) mass is 690 g/mol. The fourth-order valence-corrected chi connectivity index (χ4v) is 7.94. The van der Waals surface area contributed by atoms with E-state index in [4.69, 9.17) is 18.9 Å². The second-order valence-electron chi connectivity index (χ2n) is 13.0. The van der Waals surface area contributed by atoms with Crippen molar-refractivity contribution in [2.45, 2.75) is 13.1 Å². The molecule has 7 aromatic carbocycles. The van der Waals surface area contributed by atoms with Crippen LogP contribution in [-0.2, 0) is 13.1 Å². The van der Waals surface area contributed by atoms with Gasteiger partial charge in [0.15, 0.2) is 0 Å². The SMILES string of the molecule is COc1cc(CN2C(=O)c3ccc4c5ccc6c7c(ccc(c8ccc(c3c48)C2=O)c75)C(=O)N(Cc2cc(OC)cc(OC)c2)C6=O)cc(OC)c1. The summed E-state index contributed by atoms with van der Waals surface area (Å²) >= 11 is 0. The van der Waals surface area contributed by atoms with Gasteiger partial charge in [-0.15, -0.1) is 0 Å². The van der Waals surface area contributed by atoms with Gasteiger partial charge in [-0.05, 0) is 92.0 Å². The third-order valence-corrected chi connectivity index (χ3v) is 10.3. The van der Waals surface area contributed by atoms with Crippen molar-refractivity contribution in [3.63, 3.8) is 0 Å². The zero-order valence-corrected chi connectivity index (χ0v) is 28.7. The highest BCUT2D eigenvalue weighted by atomic mass is 16.5. The number of fused-ring (bicyclic) bond motifs is 2. The molecular weight excluding hydrogens is 660 g/mol. The number of nitrogens with zero attached hydrogens (tertiary/aromatic N) is 2. The van der Waals surface area contributed by atoms with Crippen LogP contribution in [0.4, 0.5) is 0 Å². The second kappa shape index (κ2) is 11.4. The van der Waals surface area contributed by atoms with Gasteiger partial charge >= 0.3 is 0 Å². The molecule has 0 fully saturated rings. The van der Waals surface area contributed by atoms with Crippen molar-refractivity contribution >= 4 is 66.7 Å². The molecule has 2 aliphatic rings. The van der Waals surface area contributed by atoms with E-state index in [-0.39, 0.29) is 13.1 Å². The smallest absolute Gasteiger partial charge is 0.261 e. The minimum absolute atomic E-state index is 0.0355. The van der Waals surface area contributed by atoms with E-state index in [2.05, 4.69) is 0 Å². The van der Waals surface area contributed by atoms with Crippen LogP contribution >= 0.6 is 0 Å². The Kier molecular flexibility index (Phi) is 6.88. The highest BCUT2D eigenvalue weighted by molar-refractivity contribution is 6.41. The third kappa shape index (κ3) is 4.37. The Morgan fingerprint density at radius 3 is 0.904 bits per heavy atom. The lowest BCUT2D eigenvalue weighted by molar-refractivity contribution is 0.0583. The zero-order chi connectivity index (χ0) is 36.0. The number of amides is 4. The summed E-state index contributed by atoms with van der Waals surface area (Å²) in [6.45, 7) is 0.0710. The van der Waals surface area contributed by atoms with Crippen LogP contribution in [0, 0.1) is 0 Å². The van der Waals surface area contributed by atoms with E-state index in [1.165, 1.54) is 9.80 Å². The maximum absolute atomic E-state index is 14.1. The van der Waals surface area contributed by atoms with Crippen LogP contribution in [0.15, 0.2) is 84.9 Å². The summed E-state index contributed by atoms with van der Waals surface area (Å²) < 4.78 is 21.6. The number of ether oxygens (including phenoxy) is 4. The molecule has 10 nitrogen and oxygen atoms in total. The molecule has 0 radical (unpaired) electrons.